The van der Waals surface area contributed by atoms with Crippen LogP contribution in [0, 0.1) is 5.82 Å². The lowest BCUT2D eigenvalue weighted by atomic mass is 10.2. The summed E-state index contributed by atoms with van der Waals surface area (Å²) in [6.45, 7) is 0. The van der Waals surface area contributed by atoms with Crippen molar-refractivity contribution in [2.75, 3.05) is 0 Å². The van der Waals surface area contributed by atoms with Crippen LogP contribution in [0.25, 0.3) is 10.9 Å². The molecule has 4 nitrogen and oxygen atoms in total. The van der Waals surface area contributed by atoms with E-state index in [-0.39, 0.29) is 5.82 Å². The number of aromatic nitrogens is 1. The highest BCUT2D eigenvalue weighted by Gasteiger charge is 1.93. The van der Waals surface area contributed by atoms with Crippen LogP contribution in [0.1, 0.15) is 0 Å². The van der Waals surface area contributed by atoms with Gasteiger partial charge in [0.05, 0.1) is 11.7 Å². The van der Waals surface area contributed by atoms with Gasteiger partial charge in [-0.3, -0.25) is 4.98 Å². The summed E-state index contributed by atoms with van der Waals surface area (Å²) in [4.78, 5) is 18.1. The van der Waals surface area contributed by atoms with Crippen LogP contribution >= 0.6 is 8.25 Å². The Morgan fingerprint density at radius 1 is 1.27 bits per heavy atom. The Kier molecular flexibility index (Phi) is 4.24. The first-order valence-electron chi connectivity index (χ1n) is 3.95. The molecule has 0 aliphatic rings. The van der Waals surface area contributed by atoms with Crippen molar-refractivity contribution in [1.29, 1.82) is 0 Å². The largest absolute Gasteiger partial charge is 0.692 e. The lowest BCUT2D eigenvalue weighted by Gasteiger charge is -1.93. The van der Waals surface area contributed by atoms with Gasteiger partial charge in [0.25, 0.3) is 0 Å². The molecule has 0 unspecified atom stereocenters. The predicted molar refractivity (Wildman–Crippen MR) is 53.7 cm³/mol. The Morgan fingerprint density at radius 2 is 1.87 bits per heavy atom. The Balaban J connectivity index is 0.000000245. The Labute approximate surface area is 86.0 Å². The summed E-state index contributed by atoms with van der Waals surface area (Å²) in [7, 11) is -2.87. The molecule has 0 atom stereocenters. The third-order valence-corrected chi connectivity index (χ3v) is 1.56. The van der Waals surface area contributed by atoms with Gasteiger partial charge in [-0.1, -0.05) is 18.2 Å². The van der Waals surface area contributed by atoms with Gasteiger partial charge in [-0.15, -0.1) is 9.79 Å². The zero-order chi connectivity index (χ0) is 11.3. The molecule has 0 fully saturated rings. The SMILES string of the molecule is Fc1cnc2ccccc2c1.O=[P+](O)O. The standard InChI is InChI=1S/C9H6FN.HO3P/c10-8-5-7-3-1-2-4-9(7)11-6-8;1-4(2)3/h1-6H;(H-,1,2,3)/p+1. The number of fused-ring (bicyclic) bond motifs is 1. The van der Waals surface area contributed by atoms with Gasteiger partial charge < -0.3 is 0 Å². The molecule has 1 heterocycles. The van der Waals surface area contributed by atoms with Gasteiger partial charge in [0, 0.05) is 9.95 Å². The van der Waals surface area contributed by atoms with Gasteiger partial charge in [-0.25, -0.2) is 4.39 Å². The van der Waals surface area contributed by atoms with Crippen LogP contribution in [0.2, 0.25) is 0 Å². The molecule has 6 heteroatoms. The summed E-state index contributed by atoms with van der Waals surface area (Å²) in [5.74, 6) is -0.288. The predicted octanol–water partition coefficient (Wildman–Crippen LogP) is 2.00. The van der Waals surface area contributed by atoms with E-state index >= 15 is 0 Å². The smallest absolute Gasteiger partial charge is 0.253 e. The summed E-state index contributed by atoms with van der Waals surface area (Å²) in [6.07, 6.45) is 1.22. The average Bonchev–Trinajstić information content (AvgIpc) is 2.16. The quantitative estimate of drug-likeness (QED) is 0.676. The zero-order valence-electron chi connectivity index (χ0n) is 7.54. The molecule has 1 aromatic carbocycles. The van der Waals surface area contributed by atoms with Crippen molar-refractivity contribution in [3.63, 3.8) is 0 Å². The summed E-state index contributed by atoms with van der Waals surface area (Å²) in [6, 6.07) is 8.92. The van der Waals surface area contributed by atoms with Gasteiger partial charge in [-0.2, -0.15) is 0 Å². The monoisotopic (exact) mass is 228 g/mol. The minimum Gasteiger partial charge on any atom is -0.253 e. The van der Waals surface area contributed by atoms with Crippen LogP contribution in [0.3, 0.4) is 0 Å². The molecule has 1 aromatic heterocycles. The number of benzene rings is 1. The van der Waals surface area contributed by atoms with Gasteiger partial charge in [0.1, 0.15) is 5.82 Å². The van der Waals surface area contributed by atoms with E-state index in [4.69, 9.17) is 14.4 Å². The fraction of sp³-hybridized carbons (Fsp3) is 0. The van der Waals surface area contributed by atoms with Crippen molar-refractivity contribution in [3.8, 4) is 0 Å². The molecule has 2 aromatic rings. The number of rotatable bonds is 0. The number of halogens is 1. The lowest BCUT2D eigenvalue weighted by molar-refractivity contribution is 0.405. The lowest BCUT2D eigenvalue weighted by Crippen LogP contribution is -1.79. The molecular weight excluding hydrogens is 220 g/mol. The minimum atomic E-state index is -2.87. The molecule has 0 bridgehead atoms. The molecule has 0 spiro atoms. The second-order valence-corrected chi connectivity index (χ2v) is 3.10. The maximum atomic E-state index is 12.6. The van der Waals surface area contributed by atoms with Crippen molar-refractivity contribution in [2.24, 2.45) is 0 Å². The molecule has 0 aliphatic carbocycles. The second-order valence-electron chi connectivity index (χ2n) is 2.60. The van der Waals surface area contributed by atoms with E-state index in [0.717, 1.165) is 10.9 Å². The van der Waals surface area contributed by atoms with E-state index in [0.29, 0.717) is 0 Å². The first-order valence-corrected chi connectivity index (χ1v) is 5.11. The molecule has 2 rings (SSSR count). The molecule has 15 heavy (non-hydrogen) atoms. The highest BCUT2D eigenvalue weighted by Crippen LogP contribution is 2.10. The molecule has 0 amide bonds. The maximum Gasteiger partial charge on any atom is 0.692 e. The summed E-state index contributed by atoms with van der Waals surface area (Å²) in [5.41, 5.74) is 0.828. The van der Waals surface area contributed by atoms with Crippen LogP contribution in [0.4, 0.5) is 4.39 Å². The molecule has 0 saturated heterocycles. The van der Waals surface area contributed by atoms with Crippen LogP contribution in [0.15, 0.2) is 36.5 Å². The molecule has 0 radical (unpaired) electrons. The van der Waals surface area contributed by atoms with Crippen molar-refractivity contribution in [1.82, 2.24) is 4.98 Å². The van der Waals surface area contributed by atoms with Crippen molar-refractivity contribution < 1.29 is 18.7 Å². The van der Waals surface area contributed by atoms with Crippen LogP contribution in [0.5, 0.6) is 0 Å². The Hall–Kier alpha value is -1.42. The third-order valence-electron chi connectivity index (χ3n) is 1.56. The van der Waals surface area contributed by atoms with E-state index < -0.39 is 8.25 Å². The van der Waals surface area contributed by atoms with E-state index in [2.05, 4.69) is 4.98 Å². The number of hydrogen-bond donors (Lipinski definition) is 2. The van der Waals surface area contributed by atoms with E-state index in [1.807, 2.05) is 24.3 Å². The van der Waals surface area contributed by atoms with Crippen molar-refractivity contribution in [2.45, 2.75) is 0 Å². The van der Waals surface area contributed by atoms with Gasteiger partial charge in [0.15, 0.2) is 0 Å². The first kappa shape index (κ1) is 11.7. The Bertz CT molecular complexity index is 474. The molecule has 2 N–H and O–H groups in total. The van der Waals surface area contributed by atoms with Gasteiger partial charge >= 0.3 is 8.25 Å². The van der Waals surface area contributed by atoms with Crippen LogP contribution in [-0.2, 0) is 4.57 Å². The molecule has 78 valence electrons. The first-order chi connectivity index (χ1) is 7.09. The zero-order valence-corrected chi connectivity index (χ0v) is 8.43. The van der Waals surface area contributed by atoms with E-state index in [1.54, 1.807) is 0 Å². The highest BCUT2D eigenvalue weighted by molar-refractivity contribution is 7.30. The number of pyridine rings is 1. The van der Waals surface area contributed by atoms with Crippen LogP contribution in [-0.4, -0.2) is 14.8 Å². The third kappa shape index (κ3) is 4.08. The molecular formula is C9H8FNO3P+. The fourth-order valence-electron chi connectivity index (χ4n) is 1.04. The van der Waals surface area contributed by atoms with Crippen LogP contribution < -0.4 is 0 Å². The topological polar surface area (TPSA) is 70.4 Å². The normalized spacial score (nSPS) is 9.27. The highest BCUT2D eigenvalue weighted by atomic mass is 31.1. The number of nitrogens with zero attached hydrogens (tertiary/aromatic N) is 1. The molecule has 0 saturated carbocycles. The maximum absolute atomic E-state index is 12.6. The van der Waals surface area contributed by atoms with Gasteiger partial charge in [-0.05, 0) is 12.1 Å². The second kappa shape index (κ2) is 5.46. The summed E-state index contributed by atoms with van der Waals surface area (Å²) < 4.78 is 21.3. The molecule has 0 aliphatic heterocycles. The summed E-state index contributed by atoms with van der Waals surface area (Å²) in [5, 5.41) is 0.840. The minimum absolute atomic E-state index is 0.288. The Morgan fingerprint density at radius 3 is 2.53 bits per heavy atom. The van der Waals surface area contributed by atoms with Crippen molar-refractivity contribution in [3.05, 3.63) is 42.3 Å². The average molecular weight is 228 g/mol. The number of hydrogen-bond acceptors (Lipinski definition) is 2. The van der Waals surface area contributed by atoms with E-state index in [1.165, 1.54) is 12.3 Å². The fourth-order valence-corrected chi connectivity index (χ4v) is 1.04. The summed E-state index contributed by atoms with van der Waals surface area (Å²) >= 11 is 0. The van der Waals surface area contributed by atoms with Gasteiger partial charge in [0.2, 0.25) is 0 Å². The van der Waals surface area contributed by atoms with E-state index in [9.17, 15) is 4.39 Å². The number of para-hydroxylation sites is 1. The van der Waals surface area contributed by atoms with Crippen molar-refractivity contribution >= 4 is 19.2 Å².